The van der Waals surface area contributed by atoms with E-state index in [1.54, 1.807) is 12.1 Å². The summed E-state index contributed by atoms with van der Waals surface area (Å²) in [5.41, 5.74) is 2.03. The molecular weight excluding hydrogens is 339 g/mol. The molecule has 1 aliphatic heterocycles. The Balaban J connectivity index is 1.59. The van der Waals surface area contributed by atoms with E-state index in [4.69, 9.17) is 5.26 Å². The molecule has 1 fully saturated rings. The lowest BCUT2D eigenvalue weighted by Gasteiger charge is -2.24. The quantitative estimate of drug-likeness (QED) is 0.819. The van der Waals surface area contributed by atoms with Crippen molar-refractivity contribution in [2.75, 3.05) is 31.1 Å². The number of alkyl halides is 3. The van der Waals surface area contributed by atoms with Crippen LogP contribution in [0.5, 0.6) is 0 Å². The SMILES string of the molecule is N#Cc1ccc(N2CCCN(Cc3ccc(C(F)(F)F)cc3)CC2)cc1. The van der Waals surface area contributed by atoms with Gasteiger partial charge in [0, 0.05) is 38.4 Å². The number of rotatable bonds is 3. The van der Waals surface area contributed by atoms with Gasteiger partial charge < -0.3 is 4.90 Å². The van der Waals surface area contributed by atoms with Gasteiger partial charge in [0.05, 0.1) is 17.2 Å². The van der Waals surface area contributed by atoms with Gasteiger partial charge in [-0.05, 0) is 48.4 Å². The second-order valence-corrected chi connectivity index (χ2v) is 6.47. The first-order valence-corrected chi connectivity index (χ1v) is 8.59. The molecule has 2 aromatic carbocycles. The van der Waals surface area contributed by atoms with E-state index in [0.717, 1.165) is 56.0 Å². The van der Waals surface area contributed by atoms with Crippen LogP contribution in [0.15, 0.2) is 48.5 Å². The maximum absolute atomic E-state index is 12.7. The molecule has 1 aliphatic rings. The first-order chi connectivity index (χ1) is 12.5. The molecule has 1 heterocycles. The van der Waals surface area contributed by atoms with Gasteiger partial charge in [-0.3, -0.25) is 4.90 Å². The second kappa shape index (κ2) is 7.79. The summed E-state index contributed by atoms with van der Waals surface area (Å²) in [5, 5.41) is 8.89. The predicted molar refractivity (Wildman–Crippen MR) is 94.7 cm³/mol. The Kier molecular flexibility index (Phi) is 5.48. The number of hydrogen-bond acceptors (Lipinski definition) is 3. The Morgan fingerprint density at radius 3 is 2.19 bits per heavy atom. The number of hydrogen-bond donors (Lipinski definition) is 0. The van der Waals surface area contributed by atoms with Gasteiger partial charge in [-0.25, -0.2) is 0 Å². The lowest BCUT2D eigenvalue weighted by Crippen LogP contribution is -2.30. The Bertz CT molecular complexity index is 761. The van der Waals surface area contributed by atoms with E-state index < -0.39 is 11.7 Å². The number of nitrogens with zero attached hydrogens (tertiary/aromatic N) is 3. The third-order valence-electron chi connectivity index (χ3n) is 4.64. The van der Waals surface area contributed by atoms with Gasteiger partial charge in [0.1, 0.15) is 0 Å². The van der Waals surface area contributed by atoms with E-state index >= 15 is 0 Å². The summed E-state index contributed by atoms with van der Waals surface area (Å²) in [6.07, 6.45) is -3.30. The molecule has 2 aromatic rings. The molecule has 3 nitrogen and oxygen atoms in total. The molecule has 0 bridgehead atoms. The fourth-order valence-electron chi connectivity index (χ4n) is 3.19. The number of anilines is 1. The van der Waals surface area contributed by atoms with Crippen molar-refractivity contribution in [2.24, 2.45) is 0 Å². The Morgan fingerprint density at radius 2 is 1.58 bits per heavy atom. The maximum Gasteiger partial charge on any atom is 0.416 e. The van der Waals surface area contributed by atoms with Crippen LogP contribution in [-0.2, 0) is 12.7 Å². The number of halogens is 3. The molecule has 26 heavy (non-hydrogen) atoms. The van der Waals surface area contributed by atoms with Gasteiger partial charge in [0.2, 0.25) is 0 Å². The van der Waals surface area contributed by atoms with Crippen molar-refractivity contribution in [1.29, 1.82) is 5.26 Å². The highest BCUT2D eigenvalue weighted by Gasteiger charge is 2.30. The predicted octanol–water partition coefficient (Wildman–Crippen LogP) is 4.29. The van der Waals surface area contributed by atoms with Crippen LogP contribution in [0, 0.1) is 11.3 Å². The van der Waals surface area contributed by atoms with Crippen LogP contribution in [0.4, 0.5) is 18.9 Å². The Labute approximate surface area is 151 Å². The molecule has 0 spiro atoms. The fraction of sp³-hybridized carbons (Fsp3) is 0.350. The van der Waals surface area contributed by atoms with Crippen molar-refractivity contribution in [1.82, 2.24) is 4.90 Å². The van der Waals surface area contributed by atoms with E-state index in [1.807, 2.05) is 24.3 Å². The summed E-state index contributed by atoms with van der Waals surface area (Å²) in [6, 6.07) is 15.1. The topological polar surface area (TPSA) is 30.3 Å². The Morgan fingerprint density at radius 1 is 0.885 bits per heavy atom. The third kappa shape index (κ3) is 4.55. The molecule has 0 amide bonds. The van der Waals surface area contributed by atoms with Gasteiger partial charge in [-0.15, -0.1) is 0 Å². The van der Waals surface area contributed by atoms with Crippen LogP contribution >= 0.6 is 0 Å². The summed E-state index contributed by atoms with van der Waals surface area (Å²) in [7, 11) is 0. The summed E-state index contributed by atoms with van der Waals surface area (Å²) in [6.45, 7) is 4.19. The zero-order valence-electron chi connectivity index (χ0n) is 14.3. The van der Waals surface area contributed by atoms with Crippen molar-refractivity contribution in [3.63, 3.8) is 0 Å². The lowest BCUT2D eigenvalue weighted by molar-refractivity contribution is -0.137. The van der Waals surface area contributed by atoms with Crippen molar-refractivity contribution in [3.8, 4) is 6.07 Å². The van der Waals surface area contributed by atoms with Gasteiger partial charge in [-0.2, -0.15) is 18.4 Å². The van der Waals surface area contributed by atoms with E-state index in [1.165, 1.54) is 0 Å². The molecule has 0 atom stereocenters. The minimum Gasteiger partial charge on any atom is -0.370 e. The first kappa shape index (κ1) is 18.3. The van der Waals surface area contributed by atoms with E-state index in [0.29, 0.717) is 12.1 Å². The average molecular weight is 359 g/mol. The van der Waals surface area contributed by atoms with Crippen LogP contribution < -0.4 is 4.90 Å². The zero-order valence-corrected chi connectivity index (χ0v) is 14.3. The van der Waals surface area contributed by atoms with E-state index in [2.05, 4.69) is 15.9 Å². The third-order valence-corrected chi connectivity index (χ3v) is 4.64. The maximum atomic E-state index is 12.7. The minimum absolute atomic E-state index is 0.607. The normalized spacial score (nSPS) is 16.2. The molecule has 0 radical (unpaired) electrons. The smallest absolute Gasteiger partial charge is 0.370 e. The minimum atomic E-state index is -4.29. The van der Waals surface area contributed by atoms with Crippen LogP contribution in [-0.4, -0.2) is 31.1 Å². The van der Waals surface area contributed by atoms with Crippen LogP contribution in [0.2, 0.25) is 0 Å². The molecular formula is C20H20F3N3. The summed E-state index contributed by atoms with van der Waals surface area (Å²) in [4.78, 5) is 4.56. The molecule has 0 aliphatic carbocycles. The molecule has 0 unspecified atom stereocenters. The summed E-state index contributed by atoms with van der Waals surface area (Å²) in [5.74, 6) is 0. The van der Waals surface area contributed by atoms with Crippen molar-refractivity contribution < 1.29 is 13.2 Å². The molecule has 3 rings (SSSR count). The van der Waals surface area contributed by atoms with E-state index in [9.17, 15) is 13.2 Å². The largest absolute Gasteiger partial charge is 0.416 e. The van der Waals surface area contributed by atoms with Crippen LogP contribution in [0.1, 0.15) is 23.1 Å². The number of benzene rings is 2. The molecule has 0 N–H and O–H groups in total. The van der Waals surface area contributed by atoms with E-state index in [-0.39, 0.29) is 0 Å². The lowest BCUT2D eigenvalue weighted by atomic mass is 10.1. The van der Waals surface area contributed by atoms with Gasteiger partial charge in [0.15, 0.2) is 0 Å². The molecule has 0 saturated carbocycles. The molecule has 136 valence electrons. The van der Waals surface area contributed by atoms with Gasteiger partial charge in [0.25, 0.3) is 0 Å². The summed E-state index contributed by atoms with van der Waals surface area (Å²) < 4.78 is 38.0. The highest BCUT2D eigenvalue weighted by molar-refractivity contribution is 5.49. The average Bonchev–Trinajstić information content (AvgIpc) is 2.87. The Hall–Kier alpha value is -2.52. The zero-order chi connectivity index (χ0) is 18.6. The highest BCUT2D eigenvalue weighted by atomic mass is 19.4. The first-order valence-electron chi connectivity index (χ1n) is 8.59. The van der Waals surface area contributed by atoms with Crippen LogP contribution in [0.3, 0.4) is 0 Å². The highest BCUT2D eigenvalue weighted by Crippen LogP contribution is 2.29. The summed E-state index contributed by atoms with van der Waals surface area (Å²) >= 11 is 0. The van der Waals surface area contributed by atoms with Gasteiger partial charge >= 0.3 is 6.18 Å². The van der Waals surface area contributed by atoms with Crippen molar-refractivity contribution in [3.05, 3.63) is 65.2 Å². The van der Waals surface area contributed by atoms with Crippen LogP contribution in [0.25, 0.3) is 0 Å². The monoisotopic (exact) mass is 359 g/mol. The molecule has 1 saturated heterocycles. The molecule has 0 aromatic heterocycles. The van der Waals surface area contributed by atoms with Crippen molar-refractivity contribution in [2.45, 2.75) is 19.1 Å². The second-order valence-electron chi connectivity index (χ2n) is 6.47. The fourth-order valence-corrected chi connectivity index (χ4v) is 3.19. The van der Waals surface area contributed by atoms with Crippen molar-refractivity contribution >= 4 is 5.69 Å². The molecule has 6 heteroatoms. The number of nitriles is 1. The van der Waals surface area contributed by atoms with Gasteiger partial charge in [-0.1, -0.05) is 12.1 Å². The standard InChI is InChI=1S/C20H20F3N3/c21-20(22,23)18-6-2-17(3-7-18)15-25-10-1-11-26(13-12-25)19-8-4-16(14-24)5-9-19/h2-9H,1,10-13,15H2.